The Hall–Kier alpha value is 0.610. The predicted octanol–water partition coefficient (Wildman–Crippen LogP) is 1.74. The van der Waals surface area contributed by atoms with Crippen molar-refractivity contribution in [3.05, 3.63) is 0 Å². The Labute approximate surface area is 100.0 Å². The van der Waals surface area contributed by atoms with Crippen molar-refractivity contribution in [3.63, 3.8) is 0 Å². The zero-order valence-electron chi connectivity index (χ0n) is 9.38. The molecule has 14 heavy (non-hydrogen) atoms. The molecule has 0 radical (unpaired) electrons. The van der Waals surface area contributed by atoms with Gasteiger partial charge in [0.1, 0.15) is 0 Å². The Bertz CT molecular complexity index is 169. The van der Waals surface area contributed by atoms with Gasteiger partial charge >= 0.3 is 0 Å². The zero-order valence-corrected chi connectivity index (χ0v) is 11.5. The summed E-state index contributed by atoms with van der Waals surface area (Å²) < 4.78 is 5.21. The molecule has 0 saturated heterocycles. The second-order valence-corrected chi connectivity index (χ2v) is 6.81. The summed E-state index contributed by atoms with van der Waals surface area (Å²) in [6.45, 7) is 8.33. The highest BCUT2D eigenvalue weighted by molar-refractivity contribution is 14.1. The van der Waals surface area contributed by atoms with Crippen molar-refractivity contribution in [2.45, 2.75) is 49.2 Å². The first-order valence-corrected chi connectivity index (χ1v) is 5.95. The third-order valence-corrected chi connectivity index (χ3v) is 3.27. The van der Waals surface area contributed by atoms with Crippen LogP contribution in [-0.2, 0) is 4.74 Å². The van der Waals surface area contributed by atoms with E-state index in [-0.39, 0.29) is 15.6 Å². The van der Waals surface area contributed by atoms with Crippen LogP contribution >= 0.6 is 22.6 Å². The van der Waals surface area contributed by atoms with Crippen molar-refractivity contribution >= 4 is 22.6 Å². The minimum Gasteiger partial charge on any atom is -0.394 e. The first kappa shape index (κ1) is 14.6. The van der Waals surface area contributed by atoms with E-state index in [9.17, 15) is 5.11 Å². The largest absolute Gasteiger partial charge is 0.394 e. The fraction of sp³-hybridized carbons (Fsp3) is 1.00. The van der Waals surface area contributed by atoms with Crippen LogP contribution in [0, 0.1) is 0 Å². The van der Waals surface area contributed by atoms with Crippen molar-refractivity contribution in [3.8, 4) is 0 Å². The van der Waals surface area contributed by atoms with Crippen LogP contribution in [0.1, 0.15) is 34.1 Å². The molecule has 0 aromatic carbocycles. The molecular formula is C10H21IO3. The Morgan fingerprint density at radius 2 is 1.86 bits per heavy atom. The molecule has 1 unspecified atom stereocenters. The predicted molar refractivity (Wildman–Crippen MR) is 65.8 cm³/mol. The molecule has 0 heterocycles. The Kier molecular flexibility index (Phi) is 5.87. The Balaban J connectivity index is 4.33. The molecule has 2 atom stereocenters. The maximum absolute atomic E-state index is 9.60. The summed E-state index contributed by atoms with van der Waals surface area (Å²) in [7, 11) is 0. The van der Waals surface area contributed by atoms with E-state index in [1.165, 1.54) is 0 Å². The van der Waals surface area contributed by atoms with E-state index in [2.05, 4.69) is 22.6 Å². The normalized spacial score (nSPS) is 19.1. The summed E-state index contributed by atoms with van der Waals surface area (Å²) in [6, 6.07) is 0. The molecule has 0 aromatic heterocycles. The van der Waals surface area contributed by atoms with E-state index in [1.807, 2.05) is 27.7 Å². The van der Waals surface area contributed by atoms with Gasteiger partial charge in [-0.05, 0) is 34.1 Å². The number of halogens is 1. The number of aliphatic hydroxyl groups excluding tert-OH is 2. The topological polar surface area (TPSA) is 49.7 Å². The standard InChI is InChI=1S/C10H21IO3/c1-5-14-9(2,3)7-10(4,11)8(13)6-12/h8,12-13H,5-7H2,1-4H3/t8-,10?/m0/s1. The highest BCUT2D eigenvalue weighted by Gasteiger charge is 2.36. The average molecular weight is 316 g/mol. The van der Waals surface area contributed by atoms with E-state index in [0.717, 1.165) is 0 Å². The van der Waals surface area contributed by atoms with Gasteiger partial charge in [-0.2, -0.15) is 0 Å². The summed E-state index contributed by atoms with van der Waals surface area (Å²) in [5, 5.41) is 18.5. The van der Waals surface area contributed by atoms with Gasteiger partial charge in [-0.15, -0.1) is 0 Å². The SMILES string of the molecule is CCOC(C)(C)CC(C)(I)[C@@H](O)CO. The second kappa shape index (κ2) is 5.63. The molecule has 0 spiro atoms. The lowest BCUT2D eigenvalue weighted by atomic mass is 9.91. The van der Waals surface area contributed by atoms with Crippen molar-refractivity contribution in [2.24, 2.45) is 0 Å². The number of hydrogen-bond acceptors (Lipinski definition) is 3. The molecule has 0 amide bonds. The molecule has 0 saturated carbocycles. The zero-order chi connectivity index (χ0) is 11.4. The summed E-state index contributed by atoms with van der Waals surface area (Å²) in [5.41, 5.74) is -0.263. The van der Waals surface area contributed by atoms with Gasteiger partial charge in [0.15, 0.2) is 0 Å². The van der Waals surface area contributed by atoms with Gasteiger partial charge in [-0.3, -0.25) is 0 Å². The van der Waals surface area contributed by atoms with Gasteiger partial charge in [-0.1, -0.05) is 22.6 Å². The van der Waals surface area contributed by atoms with Crippen LogP contribution in [0.2, 0.25) is 0 Å². The second-order valence-electron chi connectivity index (χ2n) is 4.35. The fourth-order valence-electron chi connectivity index (χ4n) is 1.58. The first-order chi connectivity index (χ1) is 6.25. The number of hydrogen-bond donors (Lipinski definition) is 2. The van der Waals surface area contributed by atoms with E-state index < -0.39 is 6.10 Å². The highest BCUT2D eigenvalue weighted by Crippen LogP contribution is 2.33. The lowest BCUT2D eigenvalue weighted by Gasteiger charge is -2.35. The number of alkyl halides is 1. The summed E-state index contributed by atoms with van der Waals surface area (Å²) in [5.74, 6) is 0. The molecular weight excluding hydrogens is 295 g/mol. The lowest BCUT2D eigenvalue weighted by molar-refractivity contribution is -0.0366. The van der Waals surface area contributed by atoms with Gasteiger partial charge in [0, 0.05) is 6.61 Å². The number of rotatable bonds is 6. The molecule has 0 aliphatic rings. The molecule has 4 heteroatoms. The fourth-order valence-corrected chi connectivity index (χ4v) is 2.70. The van der Waals surface area contributed by atoms with Crippen molar-refractivity contribution in [1.29, 1.82) is 0 Å². The van der Waals surface area contributed by atoms with Crippen LogP contribution in [0.25, 0.3) is 0 Å². The quantitative estimate of drug-likeness (QED) is 0.580. The van der Waals surface area contributed by atoms with Gasteiger partial charge in [0.05, 0.1) is 21.7 Å². The summed E-state index contributed by atoms with van der Waals surface area (Å²) in [4.78, 5) is 0. The van der Waals surface area contributed by atoms with E-state index in [1.54, 1.807) is 0 Å². The van der Waals surface area contributed by atoms with Crippen molar-refractivity contribution in [2.75, 3.05) is 13.2 Å². The highest BCUT2D eigenvalue weighted by atomic mass is 127. The lowest BCUT2D eigenvalue weighted by Crippen LogP contribution is -2.43. The molecule has 0 fully saturated rings. The Morgan fingerprint density at radius 3 is 2.21 bits per heavy atom. The smallest absolute Gasteiger partial charge is 0.0914 e. The third kappa shape index (κ3) is 4.91. The van der Waals surface area contributed by atoms with Crippen molar-refractivity contribution in [1.82, 2.24) is 0 Å². The minimum atomic E-state index is -0.706. The Morgan fingerprint density at radius 1 is 1.36 bits per heavy atom. The van der Waals surface area contributed by atoms with Crippen LogP contribution < -0.4 is 0 Å². The van der Waals surface area contributed by atoms with Gasteiger partial charge < -0.3 is 14.9 Å². The van der Waals surface area contributed by atoms with Crippen LogP contribution in [0.15, 0.2) is 0 Å². The molecule has 3 nitrogen and oxygen atoms in total. The van der Waals surface area contributed by atoms with E-state index in [0.29, 0.717) is 13.0 Å². The minimum absolute atomic E-state index is 0.207. The molecule has 0 aliphatic carbocycles. The molecule has 86 valence electrons. The summed E-state index contributed by atoms with van der Waals surface area (Å²) in [6.07, 6.45) is -0.00122. The molecule has 0 aromatic rings. The molecule has 0 bridgehead atoms. The number of aliphatic hydroxyl groups is 2. The maximum atomic E-state index is 9.60. The van der Waals surface area contributed by atoms with Crippen molar-refractivity contribution < 1.29 is 14.9 Å². The molecule has 2 N–H and O–H groups in total. The van der Waals surface area contributed by atoms with Gasteiger partial charge in [0.25, 0.3) is 0 Å². The average Bonchev–Trinajstić information content (AvgIpc) is 2.00. The van der Waals surface area contributed by atoms with Crippen LogP contribution in [0.3, 0.4) is 0 Å². The number of ether oxygens (including phenoxy) is 1. The van der Waals surface area contributed by atoms with Gasteiger partial charge in [0.2, 0.25) is 0 Å². The van der Waals surface area contributed by atoms with Crippen LogP contribution in [0.5, 0.6) is 0 Å². The van der Waals surface area contributed by atoms with Gasteiger partial charge in [-0.25, -0.2) is 0 Å². The molecule has 0 rings (SSSR count). The van der Waals surface area contributed by atoms with E-state index >= 15 is 0 Å². The first-order valence-electron chi connectivity index (χ1n) is 4.87. The van der Waals surface area contributed by atoms with Crippen LogP contribution in [0.4, 0.5) is 0 Å². The van der Waals surface area contributed by atoms with E-state index in [4.69, 9.17) is 9.84 Å². The third-order valence-electron chi connectivity index (χ3n) is 2.17. The summed E-state index contributed by atoms with van der Waals surface area (Å²) >= 11 is 2.18. The van der Waals surface area contributed by atoms with Crippen LogP contribution in [-0.4, -0.2) is 38.6 Å². The maximum Gasteiger partial charge on any atom is 0.0914 e. The monoisotopic (exact) mass is 316 g/mol. The molecule has 0 aliphatic heterocycles.